The molecule has 1 atom stereocenters. The van der Waals surface area contributed by atoms with E-state index in [0.29, 0.717) is 48.0 Å². The van der Waals surface area contributed by atoms with Crippen molar-refractivity contribution in [1.82, 2.24) is 24.4 Å². The van der Waals surface area contributed by atoms with E-state index >= 15 is 0 Å². The maximum absolute atomic E-state index is 13.7. The summed E-state index contributed by atoms with van der Waals surface area (Å²) in [6.45, 7) is 4.91. The Bertz CT molecular complexity index is 2390. The molecular formula is C43H49N9O6S2. The lowest BCUT2D eigenvalue weighted by Gasteiger charge is -2.23. The minimum absolute atomic E-state index is 0.0781. The number of carbonyl (C=O) groups excluding carboxylic acids is 4. The van der Waals surface area contributed by atoms with E-state index < -0.39 is 5.91 Å². The van der Waals surface area contributed by atoms with E-state index in [-0.39, 0.29) is 53.2 Å². The average molecular weight is 852 g/mol. The van der Waals surface area contributed by atoms with Crippen LogP contribution in [0.5, 0.6) is 11.5 Å². The van der Waals surface area contributed by atoms with Crippen LogP contribution in [0.4, 0.5) is 17.3 Å². The zero-order chi connectivity index (χ0) is 43.0. The van der Waals surface area contributed by atoms with E-state index in [0.717, 1.165) is 22.4 Å². The molecule has 4 heterocycles. The van der Waals surface area contributed by atoms with Crippen LogP contribution in [-0.2, 0) is 25.3 Å². The summed E-state index contributed by atoms with van der Waals surface area (Å²) in [7, 11) is 10.1. The first-order valence-corrected chi connectivity index (χ1v) is 21.8. The van der Waals surface area contributed by atoms with Gasteiger partial charge in [-0.25, -0.2) is 9.97 Å². The van der Waals surface area contributed by atoms with Crippen molar-refractivity contribution in [2.24, 2.45) is 19.1 Å². The van der Waals surface area contributed by atoms with Gasteiger partial charge in [0, 0.05) is 92.5 Å². The van der Waals surface area contributed by atoms with Crippen LogP contribution in [0.1, 0.15) is 63.7 Å². The van der Waals surface area contributed by atoms with Gasteiger partial charge in [0.25, 0.3) is 17.7 Å². The maximum atomic E-state index is 13.7. The number of nitrogens with one attached hydrogen (secondary N) is 3. The van der Waals surface area contributed by atoms with Gasteiger partial charge in [0.2, 0.25) is 11.7 Å². The van der Waals surface area contributed by atoms with Crippen LogP contribution in [0, 0.1) is 0 Å². The van der Waals surface area contributed by atoms with E-state index in [1.807, 2.05) is 55.9 Å². The second-order valence-corrected chi connectivity index (χ2v) is 17.8. The lowest BCUT2D eigenvalue weighted by Crippen LogP contribution is -2.38. The third-order valence-corrected chi connectivity index (χ3v) is 12.3. The molecule has 0 fully saturated rings. The molecular weight excluding hydrogens is 803 g/mol. The first-order valence-electron chi connectivity index (χ1n) is 19.2. The summed E-state index contributed by atoms with van der Waals surface area (Å²) in [5.41, 5.74) is 4.50. The molecule has 5 aromatic rings. The van der Waals surface area contributed by atoms with Gasteiger partial charge in [-0.15, -0.1) is 0 Å². The summed E-state index contributed by atoms with van der Waals surface area (Å²) in [4.78, 5) is 67.2. The van der Waals surface area contributed by atoms with Crippen LogP contribution in [-0.4, -0.2) is 93.3 Å². The highest BCUT2D eigenvalue weighted by Crippen LogP contribution is 2.35. The summed E-state index contributed by atoms with van der Waals surface area (Å²) < 4.78 is 14.7. The number of para-hydroxylation sites is 1. The minimum Gasteiger partial charge on any atom is -0.493 e. The van der Waals surface area contributed by atoms with Gasteiger partial charge in [-0.2, -0.15) is 0 Å². The summed E-state index contributed by atoms with van der Waals surface area (Å²) in [6, 6.07) is 18.0. The number of aliphatic imine (C=N–C) groups is 1. The molecule has 0 aliphatic carbocycles. The molecule has 2 aromatic carbocycles. The van der Waals surface area contributed by atoms with Crippen molar-refractivity contribution in [3.05, 3.63) is 102 Å². The van der Waals surface area contributed by atoms with Gasteiger partial charge in [0.15, 0.2) is 17.3 Å². The summed E-state index contributed by atoms with van der Waals surface area (Å²) in [6.07, 6.45) is 10.0. The fourth-order valence-electron chi connectivity index (χ4n) is 6.78. The number of anilines is 3. The Morgan fingerprint density at radius 3 is 2.48 bits per heavy atom. The number of ether oxygens (including phenoxy) is 2. The molecule has 1 aliphatic rings. The Labute approximate surface area is 357 Å². The van der Waals surface area contributed by atoms with Crippen LogP contribution in [0.2, 0.25) is 0 Å². The normalized spacial score (nSPS) is 13.6. The summed E-state index contributed by atoms with van der Waals surface area (Å²) >= 11 is 0. The predicted octanol–water partition coefficient (Wildman–Crippen LogP) is 6.67. The Balaban J connectivity index is 0.976. The van der Waals surface area contributed by atoms with Crippen LogP contribution in [0.3, 0.4) is 0 Å². The predicted molar refractivity (Wildman–Crippen MR) is 239 cm³/mol. The molecule has 60 heavy (non-hydrogen) atoms. The van der Waals surface area contributed by atoms with E-state index in [4.69, 9.17) is 9.47 Å². The molecule has 1 aliphatic heterocycles. The maximum Gasteiger partial charge on any atom is 0.292 e. The van der Waals surface area contributed by atoms with Gasteiger partial charge in [0.1, 0.15) is 11.5 Å². The minimum atomic E-state index is -0.505. The fraction of sp³-hybridized carbons (Fsp3) is 0.326. The third-order valence-electron chi connectivity index (χ3n) is 9.67. The van der Waals surface area contributed by atoms with E-state index in [2.05, 4.69) is 44.8 Å². The van der Waals surface area contributed by atoms with Gasteiger partial charge in [-0.3, -0.25) is 29.1 Å². The van der Waals surface area contributed by atoms with Crippen molar-refractivity contribution < 1.29 is 28.7 Å². The number of methoxy groups -OCH3 is 1. The van der Waals surface area contributed by atoms with Crippen molar-refractivity contribution in [2.75, 3.05) is 49.1 Å². The Morgan fingerprint density at radius 1 is 0.950 bits per heavy atom. The van der Waals surface area contributed by atoms with Crippen LogP contribution >= 0.6 is 21.6 Å². The topological polar surface area (TPSA) is 174 Å². The largest absolute Gasteiger partial charge is 0.493 e. The number of nitrogens with zero attached hydrogens (tertiary/aromatic N) is 6. The second-order valence-electron chi connectivity index (χ2n) is 14.7. The second kappa shape index (κ2) is 19.3. The molecule has 0 saturated carbocycles. The zero-order valence-corrected chi connectivity index (χ0v) is 36.3. The quantitative estimate of drug-likeness (QED) is 0.0521. The smallest absolute Gasteiger partial charge is 0.292 e. The SMILES string of the molecule is CN=CC1Cc2ccccc2N1C(=O)c1ccc(OCCCC(=O)Nc2cn(C)c(C(=O)Nc3ccc(-c4cc(C(=O)NCC(C)(C)SSC)n(C)c4)cn3)n2)c(OC)c1. The van der Waals surface area contributed by atoms with Gasteiger partial charge in [0.05, 0.1) is 19.8 Å². The number of aryl methyl sites for hydroxylation is 2. The third kappa shape index (κ3) is 10.4. The number of fused-ring (bicyclic) bond motifs is 1. The number of hydrogen-bond donors (Lipinski definition) is 3. The van der Waals surface area contributed by atoms with Gasteiger partial charge in [-0.05, 0) is 74.6 Å². The number of aromatic nitrogens is 4. The molecule has 4 amide bonds. The highest BCUT2D eigenvalue weighted by atomic mass is 33.1. The van der Waals surface area contributed by atoms with Crippen molar-refractivity contribution in [2.45, 2.75) is 43.9 Å². The lowest BCUT2D eigenvalue weighted by molar-refractivity contribution is -0.116. The number of carbonyl (C=O) groups is 4. The Kier molecular flexibility index (Phi) is 14.0. The van der Waals surface area contributed by atoms with Crippen molar-refractivity contribution in [3.8, 4) is 22.6 Å². The molecule has 0 bridgehead atoms. The van der Waals surface area contributed by atoms with E-state index in [1.165, 1.54) is 11.7 Å². The molecule has 314 valence electrons. The first-order chi connectivity index (χ1) is 28.8. The van der Waals surface area contributed by atoms with Crippen molar-refractivity contribution >= 4 is 68.8 Å². The fourth-order valence-corrected chi connectivity index (χ4v) is 8.89. The van der Waals surface area contributed by atoms with Crippen LogP contribution in [0.15, 0.2) is 84.2 Å². The summed E-state index contributed by atoms with van der Waals surface area (Å²) in [5.74, 6) is 0.320. The van der Waals surface area contributed by atoms with Gasteiger partial charge in [-0.1, -0.05) is 39.8 Å². The van der Waals surface area contributed by atoms with Crippen LogP contribution < -0.4 is 30.3 Å². The molecule has 0 spiro atoms. The van der Waals surface area contributed by atoms with Crippen molar-refractivity contribution in [3.63, 3.8) is 0 Å². The molecule has 6 rings (SSSR count). The van der Waals surface area contributed by atoms with Crippen LogP contribution in [0.25, 0.3) is 11.1 Å². The molecule has 0 radical (unpaired) electrons. The summed E-state index contributed by atoms with van der Waals surface area (Å²) in [5, 5.41) is 8.51. The highest BCUT2D eigenvalue weighted by molar-refractivity contribution is 8.77. The average Bonchev–Trinajstić information content (AvgIpc) is 3.92. The number of benzene rings is 2. The lowest BCUT2D eigenvalue weighted by atomic mass is 10.1. The standard InChI is InChI=1S/C43H49N9O6S2/c1-43(2,60-59-7)26-46-40(54)33-20-30(24-50(33)4)29-15-17-36(45-22-29)49-41(55)39-48-37(25-51(39)5)47-38(53)13-10-18-58-34-16-14-28(21-35(34)57-6)42(56)52-31(23-44-3)19-27-11-8-9-12-32(27)52/h8-9,11-12,14-17,20-25,31H,10,13,18-19,26H2,1-7H3,(H,46,54)(H,47,53)(H,45,49,55). The molecule has 17 heteroatoms. The van der Waals surface area contributed by atoms with E-state index in [1.54, 1.807) is 88.0 Å². The van der Waals surface area contributed by atoms with Gasteiger partial charge >= 0.3 is 0 Å². The number of imidazole rings is 1. The monoisotopic (exact) mass is 851 g/mol. The first kappa shape index (κ1) is 43.5. The molecule has 3 N–H and O–H groups in total. The molecule has 1 unspecified atom stereocenters. The zero-order valence-electron chi connectivity index (χ0n) is 34.6. The molecule has 15 nitrogen and oxygen atoms in total. The number of rotatable bonds is 17. The van der Waals surface area contributed by atoms with Crippen molar-refractivity contribution in [1.29, 1.82) is 0 Å². The Hall–Kier alpha value is -6.07. The van der Waals surface area contributed by atoms with E-state index in [9.17, 15) is 19.2 Å². The molecule has 0 saturated heterocycles. The number of hydrogen-bond acceptors (Lipinski definition) is 11. The number of amides is 4. The highest BCUT2D eigenvalue weighted by Gasteiger charge is 2.33. The molecule has 3 aromatic heterocycles. The number of pyridine rings is 1. The Morgan fingerprint density at radius 2 is 1.75 bits per heavy atom. The van der Waals surface area contributed by atoms with Gasteiger partial charge < -0.3 is 34.6 Å².